The first-order valence-electron chi connectivity index (χ1n) is 8.73. The molecule has 1 aromatic carbocycles. The molecule has 0 radical (unpaired) electrons. The molecule has 0 saturated carbocycles. The van der Waals surface area contributed by atoms with Gasteiger partial charge in [-0.05, 0) is 42.7 Å². The zero-order chi connectivity index (χ0) is 16.0. The average molecular weight is 312 g/mol. The van der Waals surface area contributed by atoms with Gasteiger partial charge in [0.1, 0.15) is 0 Å². The molecule has 4 aliphatic rings. The highest BCUT2D eigenvalue weighted by molar-refractivity contribution is 5.83. The minimum atomic E-state index is 0.0171. The van der Waals surface area contributed by atoms with E-state index in [1.807, 2.05) is 16.8 Å². The highest BCUT2D eigenvalue weighted by atomic mass is 16.2. The van der Waals surface area contributed by atoms with Crippen LogP contribution in [0.5, 0.6) is 0 Å². The minimum absolute atomic E-state index is 0.0171. The lowest BCUT2D eigenvalue weighted by atomic mass is 9.95. The fourth-order valence-corrected chi connectivity index (χ4v) is 4.53. The molecule has 122 valence electrons. The van der Waals surface area contributed by atoms with Crippen LogP contribution in [-0.2, 0) is 22.4 Å². The zero-order valence-electron chi connectivity index (χ0n) is 13.7. The van der Waals surface area contributed by atoms with E-state index >= 15 is 0 Å². The Morgan fingerprint density at radius 3 is 2.52 bits per heavy atom. The SMILES string of the molecule is CN1C(=O)[C@@H]2CC[C@H]1CN(C(=O)CC1Cc3ccccc3C1)C2. The number of fused-ring (bicyclic) bond motifs is 5. The monoisotopic (exact) mass is 312 g/mol. The number of piperidine rings is 1. The smallest absolute Gasteiger partial charge is 0.227 e. The zero-order valence-corrected chi connectivity index (χ0v) is 13.7. The van der Waals surface area contributed by atoms with E-state index in [1.54, 1.807) is 0 Å². The molecule has 0 spiro atoms. The molecular weight excluding hydrogens is 288 g/mol. The predicted octanol–water partition coefficient (Wildman–Crippen LogP) is 1.87. The van der Waals surface area contributed by atoms with Gasteiger partial charge in [-0.3, -0.25) is 9.59 Å². The van der Waals surface area contributed by atoms with Gasteiger partial charge in [-0.1, -0.05) is 24.3 Å². The van der Waals surface area contributed by atoms with Gasteiger partial charge in [0.15, 0.2) is 0 Å². The molecule has 1 aliphatic carbocycles. The van der Waals surface area contributed by atoms with E-state index in [-0.39, 0.29) is 23.8 Å². The lowest BCUT2D eigenvalue weighted by Crippen LogP contribution is -2.45. The maximum atomic E-state index is 12.8. The number of likely N-dealkylation sites (N-methyl/N-ethyl adjacent to an activating group) is 1. The molecule has 2 atom stereocenters. The van der Waals surface area contributed by atoms with Crippen LogP contribution in [-0.4, -0.2) is 47.8 Å². The van der Waals surface area contributed by atoms with Gasteiger partial charge < -0.3 is 9.80 Å². The third-order valence-electron chi connectivity index (χ3n) is 5.92. The summed E-state index contributed by atoms with van der Waals surface area (Å²) in [4.78, 5) is 28.9. The first-order valence-corrected chi connectivity index (χ1v) is 8.73. The molecule has 3 heterocycles. The van der Waals surface area contributed by atoms with Gasteiger partial charge >= 0.3 is 0 Å². The quantitative estimate of drug-likeness (QED) is 0.836. The van der Waals surface area contributed by atoms with E-state index < -0.39 is 0 Å². The van der Waals surface area contributed by atoms with Crippen molar-refractivity contribution in [2.45, 2.75) is 38.1 Å². The van der Waals surface area contributed by atoms with Gasteiger partial charge in [-0.15, -0.1) is 0 Å². The molecule has 3 fully saturated rings. The highest BCUT2D eigenvalue weighted by Crippen LogP contribution is 2.31. The second kappa shape index (κ2) is 5.66. The van der Waals surface area contributed by atoms with E-state index in [9.17, 15) is 9.59 Å². The molecule has 0 N–H and O–H groups in total. The highest BCUT2D eigenvalue weighted by Gasteiger charge is 2.40. The molecular formula is C19H24N2O2. The molecule has 5 rings (SSSR count). The number of carbonyl (C=O) groups excluding carboxylic acids is 2. The van der Waals surface area contributed by atoms with Crippen LogP contribution < -0.4 is 0 Å². The lowest BCUT2D eigenvalue weighted by Gasteiger charge is -2.32. The second-order valence-corrected chi connectivity index (χ2v) is 7.42. The Hall–Kier alpha value is -1.84. The summed E-state index contributed by atoms with van der Waals surface area (Å²) in [6.45, 7) is 1.34. The van der Waals surface area contributed by atoms with Crippen molar-refractivity contribution in [2.75, 3.05) is 20.1 Å². The molecule has 2 bridgehead atoms. The third kappa shape index (κ3) is 2.64. The van der Waals surface area contributed by atoms with Crippen molar-refractivity contribution < 1.29 is 9.59 Å². The molecule has 4 heteroatoms. The first kappa shape index (κ1) is 14.7. The summed E-state index contributed by atoms with van der Waals surface area (Å²) in [5.41, 5.74) is 2.80. The van der Waals surface area contributed by atoms with Crippen LogP contribution in [0.25, 0.3) is 0 Å². The molecule has 0 aromatic heterocycles. The van der Waals surface area contributed by atoms with Crippen LogP contribution in [0.4, 0.5) is 0 Å². The van der Waals surface area contributed by atoms with E-state index in [1.165, 1.54) is 11.1 Å². The Kier molecular flexibility index (Phi) is 3.63. The van der Waals surface area contributed by atoms with Crippen LogP contribution in [0.15, 0.2) is 24.3 Å². The molecule has 2 amide bonds. The van der Waals surface area contributed by atoms with Gasteiger partial charge in [-0.2, -0.15) is 0 Å². The van der Waals surface area contributed by atoms with Crippen LogP contribution in [0, 0.1) is 11.8 Å². The number of benzene rings is 1. The summed E-state index contributed by atoms with van der Waals surface area (Å²) in [5.74, 6) is 0.908. The van der Waals surface area contributed by atoms with E-state index in [4.69, 9.17) is 0 Å². The van der Waals surface area contributed by atoms with Crippen LogP contribution >= 0.6 is 0 Å². The number of carbonyl (C=O) groups is 2. The van der Waals surface area contributed by atoms with E-state index in [0.717, 1.165) is 32.2 Å². The molecule has 3 aliphatic heterocycles. The summed E-state index contributed by atoms with van der Waals surface area (Å²) >= 11 is 0. The van der Waals surface area contributed by atoms with Gasteiger partial charge in [0.05, 0.1) is 5.92 Å². The van der Waals surface area contributed by atoms with Crippen molar-refractivity contribution in [3.05, 3.63) is 35.4 Å². The number of hydrogen-bond acceptors (Lipinski definition) is 2. The predicted molar refractivity (Wildman–Crippen MR) is 87.8 cm³/mol. The summed E-state index contributed by atoms with van der Waals surface area (Å²) in [6.07, 6.45) is 4.62. The fraction of sp³-hybridized carbons (Fsp3) is 0.579. The Bertz CT molecular complexity index is 617. The number of hydrogen-bond donors (Lipinski definition) is 0. The number of nitrogens with zero attached hydrogens (tertiary/aromatic N) is 2. The molecule has 1 aromatic rings. The van der Waals surface area contributed by atoms with Gasteiger partial charge in [0.2, 0.25) is 11.8 Å². The molecule has 3 saturated heterocycles. The van der Waals surface area contributed by atoms with Gasteiger partial charge in [0.25, 0.3) is 0 Å². The Morgan fingerprint density at radius 1 is 1.13 bits per heavy atom. The molecule has 4 nitrogen and oxygen atoms in total. The van der Waals surface area contributed by atoms with E-state index in [2.05, 4.69) is 24.3 Å². The largest absolute Gasteiger partial charge is 0.341 e. The fourth-order valence-electron chi connectivity index (χ4n) is 4.53. The van der Waals surface area contributed by atoms with Crippen molar-refractivity contribution in [2.24, 2.45) is 11.8 Å². The molecule has 23 heavy (non-hydrogen) atoms. The summed E-state index contributed by atoms with van der Waals surface area (Å²) in [6, 6.07) is 8.73. The standard InChI is InChI=1S/C19H24N2O2/c1-20-17-7-6-16(19(20)23)11-21(12-17)18(22)10-13-8-14-4-2-3-5-15(14)9-13/h2-5,13,16-17H,6-12H2,1H3/t16-,17+/m1/s1. The minimum Gasteiger partial charge on any atom is -0.341 e. The Labute approximate surface area is 137 Å². The van der Waals surface area contributed by atoms with Crippen molar-refractivity contribution in [1.82, 2.24) is 9.80 Å². The maximum Gasteiger partial charge on any atom is 0.227 e. The van der Waals surface area contributed by atoms with Crippen LogP contribution in [0.1, 0.15) is 30.4 Å². The summed E-state index contributed by atoms with van der Waals surface area (Å²) < 4.78 is 0. The first-order chi connectivity index (χ1) is 11.1. The Morgan fingerprint density at radius 2 is 1.83 bits per heavy atom. The molecule has 0 unspecified atom stereocenters. The van der Waals surface area contributed by atoms with E-state index in [0.29, 0.717) is 18.9 Å². The van der Waals surface area contributed by atoms with Gasteiger partial charge in [0, 0.05) is 32.6 Å². The van der Waals surface area contributed by atoms with Crippen molar-refractivity contribution in [1.29, 1.82) is 0 Å². The second-order valence-electron chi connectivity index (χ2n) is 7.42. The number of rotatable bonds is 2. The maximum absolute atomic E-state index is 12.8. The lowest BCUT2D eigenvalue weighted by molar-refractivity contribution is -0.138. The van der Waals surface area contributed by atoms with Crippen molar-refractivity contribution in [3.63, 3.8) is 0 Å². The topological polar surface area (TPSA) is 40.6 Å². The Balaban J connectivity index is 1.42. The van der Waals surface area contributed by atoms with Crippen LogP contribution in [0.2, 0.25) is 0 Å². The summed E-state index contributed by atoms with van der Waals surface area (Å²) in [5, 5.41) is 0. The normalized spacial score (nSPS) is 27.3. The summed E-state index contributed by atoms with van der Waals surface area (Å²) in [7, 11) is 1.89. The van der Waals surface area contributed by atoms with Gasteiger partial charge in [-0.25, -0.2) is 0 Å². The van der Waals surface area contributed by atoms with Crippen molar-refractivity contribution >= 4 is 11.8 Å². The average Bonchev–Trinajstić information content (AvgIpc) is 2.75. The van der Waals surface area contributed by atoms with Crippen molar-refractivity contribution in [3.8, 4) is 0 Å². The third-order valence-corrected chi connectivity index (χ3v) is 5.92. The number of amides is 2. The van der Waals surface area contributed by atoms with Crippen LogP contribution in [0.3, 0.4) is 0 Å².